The minimum Gasteiger partial charge on any atom is -0.296 e. The van der Waals surface area contributed by atoms with Gasteiger partial charge in [-0.3, -0.25) is 4.48 Å². The van der Waals surface area contributed by atoms with E-state index >= 15 is 0 Å². The number of hydrogen-bond donors (Lipinski definition) is 0. The Morgan fingerprint density at radius 2 is 1.43 bits per heavy atom. The summed E-state index contributed by atoms with van der Waals surface area (Å²) in [6.07, 6.45) is 0. The topological polar surface area (TPSA) is 0 Å². The van der Waals surface area contributed by atoms with Crippen LogP contribution in [0.4, 0.5) is 18.9 Å². The van der Waals surface area contributed by atoms with Gasteiger partial charge in [0.1, 0.15) is 0 Å². The summed E-state index contributed by atoms with van der Waals surface area (Å²) in [4.78, 5) is 0. The number of nitrogens with zero attached hydrogens (tertiary/aromatic N) is 1. The molecule has 0 N–H and O–H groups in total. The van der Waals surface area contributed by atoms with Crippen molar-refractivity contribution in [2.75, 3.05) is 21.1 Å². The normalized spacial score (nSPS) is 11.0. The summed E-state index contributed by atoms with van der Waals surface area (Å²) >= 11 is 0. The monoisotopic (exact) mass is 310 g/mol. The van der Waals surface area contributed by atoms with Crippen LogP contribution in [-0.4, -0.2) is 45.1 Å². The number of halogens is 3. The fraction of sp³-hybridized carbons (Fsp3) is 0.333. The van der Waals surface area contributed by atoms with Crippen LogP contribution in [0.1, 0.15) is 0 Å². The Hall–Kier alpha value is -0.231. The van der Waals surface area contributed by atoms with Gasteiger partial charge >= 0.3 is 0 Å². The van der Waals surface area contributed by atoms with Crippen LogP contribution in [0.25, 0.3) is 0 Å². The first-order valence-electron chi connectivity index (χ1n) is 3.79. The van der Waals surface area contributed by atoms with Crippen molar-refractivity contribution in [3.05, 3.63) is 29.6 Å². The quantitative estimate of drug-likeness (QED) is 0.422. The van der Waals surface area contributed by atoms with E-state index in [1.54, 1.807) is 21.1 Å². The molecule has 0 aliphatic rings. The second-order valence-corrected chi connectivity index (χ2v) is 3.71. The van der Waals surface area contributed by atoms with Gasteiger partial charge in [-0.25, -0.2) is 8.78 Å². The summed E-state index contributed by atoms with van der Waals surface area (Å²) in [7, 11) is 5.03. The number of hydrogen-bond acceptors (Lipinski definition) is 0. The molecule has 0 aliphatic carbocycles. The van der Waals surface area contributed by atoms with Gasteiger partial charge in [-0.05, 0) is 6.07 Å². The van der Waals surface area contributed by atoms with Crippen LogP contribution in [0.3, 0.4) is 0 Å². The van der Waals surface area contributed by atoms with E-state index in [1.807, 2.05) is 0 Å². The predicted octanol–water partition coefficient (Wildman–Crippen LogP) is 1.92. The van der Waals surface area contributed by atoms with E-state index in [-0.39, 0.29) is 34.1 Å². The molecule has 0 unspecified atom stereocenters. The third-order valence-corrected chi connectivity index (χ3v) is 1.74. The molecule has 14 heavy (non-hydrogen) atoms. The average molecular weight is 309 g/mol. The first kappa shape index (κ1) is 13.8. The van der Waals surface area contributed by atoms with Crippen molar-refractivity contribution in [2.45, 2.75) is 0 Å². The van der Waals surface area contributed by atoms with Gasteiger partial charge in [0.2, 0.25) is 11.6 Å². The molecule has 0 heterocycles. The summed E-state index contributed by atoms with van der Waals surface area (Å²) in [5.74, 6) is -3.69. The van der Waals surface area contributed by atoms with Gasteiger partial charge in [0.05, 0.1) is 21.1 Å². The van der Waals surface area contributed by atoms with E-state index in [0.29, 0.717) is 0 Å². The van der Waals surface area contributed by atoms with E-state index in [0.717, 1.165) is 6.07 Å². The number of quaternary nitrogens is 1. The predicted molar refractivity (Wildman–Crippen MR) is 51.6 cm³/mol. The summed E-state index contributed by atoms with van der Waals surface area (Å²) in [6.45, 7) is 0. The molecule has 1 rings (SSSR count). The third-order valence-electron chi connectivity index (χ3n) is 1.74. The molecular weight excluding hydrogens is 298 g/mol. The Labute approximate surface area is 98.1 Å². The van der Waals surface area contributed by atoms with Gasteiger partial charge in [-0.2, -0.15) is 4.39 Å². The van der Waals surface area contributed by atoms with Crippen molar-refractivity contribution < 1.29 is 13.2 Å². The maximum Gasteiger partial charge on any atom is 0.222 e. The zero-order valence-corrected chi connectivity index (χ0v) is 11.1. The van der Waals surface area contributed by atoms with Crippen LogP contribution in [0, 0.1) is 17.5 Å². The second-order valence-electron chi connectivity index (χ2n) is 3.71. The SMILES string of the molecule is C[N+](C)(C)c1ccc(F)c(F)c1F.[Sn]. The molecule has 5 heteroatoms. The molecule has 0 fully saturated rings. The van der Waals surface area contributed by atoms with Gasteiger partial charge in [-0.1, -0.05) is 0 Å². The smallest absolute Gasteiger partial charge is 0.222 e. The summed E-state index contributed by atoms with van der Waals surface area (Å²) in [5.41, 5.74) is 0.124. The molecule has 1 aromatic carbocycles. The molecule has 1 nitrogen and oxygen atoms in total. The van der Waals surface area contributed by atoms with Gasteiger partial charge in [0, 0.05) is 30.0 Å². The number of rotatable bonds is 1. The van der Waals surface area contributed by atoms with Crippen LogP contribution in [0.2, 0.25) is 0 Å². The standard InChI is InChI=1S/C9H11F3N.Sn/c1-13(2,3)7-5-4-6(10)8(11)9(7)12;/h4-5H,1-3H3;/q+1;. The maximum atomic E-state index is 13.1. The van der Waals surface area contributed by atoms with Gasteiger partial charge in [0.15, 0.2) is 11.5 Å². The van der Waals surface area contributed by atoms with Crippen LogP contribution < -0.4 is 4.48 Å². The van der Waals surface area contributed by atoms with Crippen molar-refractivity contribution in [2.24, 2.45) is 0 Å². The Kier molecular flexibility index (Phi) is 4.45. The first-order chi connectivity index (χ1) is 5.84. The van der Waals surface area contributed by atoms with Gasteiger partial charge < -0.3 is 0 Å². The molecule has 1 aromatic rings. The fourth-order valence-electron chi connectivity index (χ4n) is 1.03. The van der Waals surface area contributed by atoms with Crippen LogP contribution >= 0.6 is 0 Å². The first-order valence-corrected chi connectivity index (χ1v) is 3.79. The molecule has 76 valence electrons. The van der Waals surface area contributed by atoms with E-state index in [2.05, 4.69) is 0 Å². The summed E-state index contributed by atoms with van der Waals surface area (Å²) < 4.78 is 38.5. The van der Waals surface area contributed by atoms with Gasteiger partial charge in [0.25, 0.3) is 0 Å². The van der Waals surface area contributed by atoms with E-state index in [1.165, 1.54) is 6.07 Å². The minimum atomic E-state index is -1.41. The zero-order chi connectivity index (χ0) is 10.2. The molecule has 0 saturated carbocycles. The van der Waals surface area contributed by atoms with Crippen LogP contribution in [0.5, 0.6) is 0 Å². The van der Waals surface area contributed by atoms with Crippen molar-refractivity contribution >= 4 is 29.6 Å². The largest absolute Gasteiger partial charge is 0.296 e. The Balaban J connectivity index is 0.00000169. The van der Waals surface area contributed by atoms with Crippen LogP contribution in [0.15, 0.2) is 12.1 Å². The minimum absolute atomic E-state index is 0. The molecule has 0 saturated heterocycles. The summed E-state index contributed by atoms with van der Waals surface area (Å²) in [5, 5.41) is 0. The Bertz CT molecular complexity index is 334. The van der Waals surface area contributed by atoms with E-state index in [4.69, 9.17) is 0 Å². The Morgan fingerprint density at radius 1 is 0.929 bits per heavy atom. The maximum absolute atomic E-state index is 13.1. The van der Waals surface area contributed by atoms with Crippen molar-refractivity contribution in [3.63, 3.8) is 0 Å². The van der Waals surface area contributed by atoms with Crippen molar-refractivity contribution in [3.8, 4) is 0 Å². The molecule has 0 atom stereocenters. The van der Waals surface area contributed by atoms with E-state index in [9.17, 15) is 13.2 Å². The summed E-state index contributed by atoms with van der Waals surface area (Å²) in [6, 6.07) is 2.17. The van der Waals surface area contributed by atoms with Gasteiger partial charge in [-0.15, -0.1) is 0 Å². The van der Waals surface area contributed by atoms with Crippen molar-refractivity contribution in [1.82, 2.24) is 4.48 Å². The third kappa shape index (κ3) is 2.63. The Morgan fingerprint density at radius 3 is 1.86 bits per heavy atom. The fourth-order valence-corrected chi connectivity index (χ4v) is 1.03. The second kappa shape index (κ2) is 4.53. The van der Waals surface area contributed by atoms with Crippen molar-refractivity contribution in [1.29, 1.82) is 0 Å². The molecule has 0 spiro atoms. The van der Waals surface area contributed by atoms with Crippen LogP contribution in [-0.2, 0) is 0 Å². The molecular formula is C9H11F3NSn+. The molecule has 0 bridgehead atoms. The molecule has 0 aliphatic heterocycles. The average Bonchev–Trinajstić information content (AvgIpc) is 1.98. The molecule has 4 radical (unpaired) electrons. The zero-order valence-electron chi connectivity index (χ0n) is 8.24. The van der Waals surface area contributed by atoms with E-state index < -0.39 is 17.5 Å². The molecule has 0 aromatic heterocycles. The number of benzene rings is 1. The molecule has 0 amide bonds.